The number of carbonyl (C=O) groups is 3. The van der Waals surface area contributed by atoms with Gasteiger partial charge in [0.2, 0.25) is 6.79 Å². The van der Waals surface area contributed by atoms with Crippen molar-refractivity contribution in [2.45, 2.75) is 38.0 Å². The standard InChI is InChI=1S/C23H22O5/c24-18(8-4-5-15-9-10-21-22(11-15)28-14-27-21)23-19(25)12-17(13-20(23)26)16-6-2-1-3-7-16/h1-3,6-7,9-11,17,23H,4-5,8,12-14H2. The predicted octanol–water partition coefficient (Wildman–Crippen LogP) is 3.64. The molecule has 0 spiro atoms. The first-order valence-electron chi connectivity index (χ1n) is 9.63. The number of fused-ring (bicyclic) bond motifs is 1. The zero-order chi connectivity index (χ0) is 19.5. The van der Waals surface area contributed by atoms with Crippen molar-refractivity contribution in [2.75, 3.05) is 6.79 Å². The van der Waals surface area contributed by atoms with Gasteiger partial charge in [-0.3, -0.25) is 14.4 Å². The molecule has 2 aromatic rings. The lowest BCUT2D eigenvalue weighted by molar-refractivity contribution is -0.142. The minimum Gasteiger partial charge on any atom is -0.454 e. The normalized spacial score (nSPS) is 21.0. The highest BCUT2D eigenvalue weighted by Gasteiger charge is 2.39. The van der Waals surface area contributed by atoms with E-state index in [0.717, 1.165) is 16.9 Å². The van der Waals surface area contributed by atoms with Crippen molar-refractivity contribution >= 4 is 17.3 Å². The molecule has 4 rings (SSSR count). The highest BCUT2D eigenvalue weighted by molar-refractivity contribution is 6.20. The molecule has 1 fully saturated rings. The van der Waals surface area contributed by atoms with Gasteiger partial charge in [0.15, 0.2) is 28.8 Å². The molecule has 2 aliphatic rings. The summed E-state index contributed by atoms with van der Waals surface area (Å²) in [5, 5.41) is 0. The quantitative estimate of drug-likeness (QED) is 0.718. The first-order valence-corrected chi connectivity index (χ1v) is 9.63. The third-order valence-electron chi connectivity index (χ3n) is 5.46. The van der Waals surface area contributed by atoms with Crippen molar-refractivity contribution in [3.8, 4) is 11.5 Å². The maximum atomic E-state index is 12.6. The summed E-state index contributed by atoms with van der Waals surface area (Å²) in [5.74, 6) is -0.464. The maximum absolute atomic E-state index is 12.6. The van der Waals surface area contributed by atoms with Crippen molar-refractivity contribution in [3.63, 3.8) is 0 Å². The molecule has 0 aromatic heterocycles. The van der Waals surface area contributed by atoms with Crippen LogP contribution in [0.25, 0.3) is 0 Å². The van der Waals surface area contributed by atoms with Crippen molar-refractivity contribution in [2.24, 2.45) is 5.92 Å². The van der Waals surface area contributed by atoms with Crippen LogP contribution < -0.4 is 9.47 Å². The number of ketones is 3. The second kappa shape index (κ2) is 7.97. The molecule has 0 N–H and O–H groups in total. The molecule has 144 valence electrons. The average Bonchev–Trinajstić information content (AvgIpc) is 3.16. The molecule has 2 aromatic carbocycles. The Morgan fingerprint density at radius 1 is 0.929 bits per heavy atom. The molecule has 0 radical (unpaired) electrons. The number of aryl methyl sites for hydroxylation is 1. The molecule has 0 bridgehead atoms. The highest BCUT2D eigenvalue weighted by Crippen LogP contribution is 2.34. The van der Waals surface area contributed by atoms with Crippen LogP contribution in [0, 0.1) is 5.92 Å². The topological polar surface area (TPSA) is 69.7 Å². The molecule has 0 atom stereocenters. The summed E-state index contributed by atoms with van der Waals surface area (Å²) >= 11 is 0. The second-order valence-electron chi connectivity index (χ2n) is 7.39. The molecular formula is C23H22O5. The summed E-state index contributed by atoms with van der Waals surface area (Å²) in [6.07, 6.45) is 2.02. The van der Waals surface area contributed by atoms with Gasteiger partial charge in [-0.05, 0) is 42.0 Å². The SMILES string of the molecule is O=C(CCCc1ccc2c(c1)OCO2)C1C(=O)CC(c2ccccc2)CC1=O. The largest absolute Gasteiger partial charge is 0.454 e. The Balaban J connectivity index is 1.32. The third kappa shape index (κ3) is 3.84. The van der Waals surface area contributed by atoms with Gasteiger partial charge in [-0.2, -0.15) is 0 Å². The molecule has 5 heteroatoms. The van der Waals surface area contributed by atoms with E-state index in [-0.39, 0.29) is 49.3 Å². The van der Waals surface area contributed by atoms with Crippen LogP contribution in [0.5, 0.6) is 11.5 Å². The second-order valence-corrected chi connectivity index (χ2v) is 7.39. The molecule has 28 heavy (non-hydrogen) atoms. The van der Waals surface area contributed by atoms with Crippen LogP contribution in [0.3, 0.4) is 0 Å². The van der Waals surface area contributed by atoms with Crippen molar-refractivity contribution in [1.82, 2.24) is 0 Å². The molecule has 1 saturated carbocycles. The van der Waals surface area contributed by atoms with E-state index in [1.807, 2.05) is 48.5 Å². The maximum Gasteiger partial charge on any atom is 0.231 e. The number of benzene rings is 2. The Labute approximate surface area is 163 Å². The van der Waals surface area contributed by atoms with Crippen molar-refractivity contribution in [3.05, 3.63) is 59.7 Å². The Kier molecular flexibility index (Phi) is 5.24. The number of hydrogen-bond acceptors (Lipinski definition) is 5. The molecule has 0 saturated heterocycles. The van der Waals surface area contributed by atoms with Gasteiger partial charge < -0.3 is 9.47 Å². The minimum atomic E-state index is -1.07. The number of ether oxygens (including phenoxy) is 2. The predicted molar refractivity (Wildman–Crippen MR) is 102 cm³/mol. The Morgan fingerprint density at radius 2 is 1.64 bits per heavy atom. The molecule has 0 unspecified atom stereocenters. The fraction of sp³-hybridized carbons (Fsp3) is 0.348. The lowest BCUT2D eigenvalue weighted by Gasteiger charge is -2.26. The third-order valence-corrected chi connectivity index (χ3v) is 5.46. The number of hydrogen-bond donors (Lipinski definition) is 0. The minimum absolute atomic E-state index is 0.112. The summed E-state index contributed by atoms with van der Waals surface area (Å²) in [6, 6.07) is 15.3. The summed E-state index contributed by atoms with van der Waals surface area (Å²) in [5.41, 5.74) is 2.03. The van der Waals surface area contributed by atoms with Crippen LogP contribution in [0.1, 0.15) is 42.7 Å². The van der Waals surface area contributed by atoms with E-state index in [2.05, 4.69) is 0 Å². The fourth-order valence-electron chi connectivity index (χ4n) is 4.00. The first kappa shape index (κ1) is 18.4. The van der Waals surface area contributed by atoms with E-state index >= 15 is 0 Å². The Morgan fingerprint density at radius 3 is 2.39 bits per heavy atom. The van der Waals surface area contributed by atoms with Gasteiger partial charge in [0.05, 0.1) is 0 Å². The summed E-state index contributed by atoms with van der Waals surface area (Å²) in [6.45, 7) is 0.229. The van der Waals surface area contributed by atoms with Gasteiger partial charge in [-0.15, -0.1) is 0 Å². The van der Waals surface area contributed by atoms with Gasteiger partial charge in [0, 0.05) is 19.3 Å². The van der Waals surface area contributed by atoms with Crippen LogP contribution in [-0.4, -0.2) is 24.1 Å². The molecule has 5 nitrogen and oxygen atoms in total. The van der Waals surface area contributed by atoms with E-state index < -0.39 is 5.92 Å². The van der Waals surface area contributed by atoms with Crippen LogP contribution in [0.15, 0.2) is 48.5 Å². The number of rotatable bonds is 6. The molecule has 0 amide bonds. The van der Waals surface area contributed by atoms with Gasteiger partial charge in [0.25, 0.3) is 0 Å². The van der Waals surface area contributed by atoms with Crippen LogP contribution in [0.4, 0.5) is 0 Å². The summed E-state index contributed by atoms with van der Waals surface area (Å²) < 4.78 is 10.6. The van der Waals surface area contributed by atoms with E-state index in [4.69, 9.17) is 9.47 Å². The molecule has 1 aliphatic carbocycles. The van der Waals surface area contributed by atoms with Crippen LogP contribution in [-0.2, 0) is 20.8 Å². The van der Waals surface area contributed by atoms with Gasteiger partial charge in [0.1, 0.15) is 5.92 Å². The van der Waals surface area contributed by atoms with E-state index in [0.29, 0.717) is 18.6 Å². The van der Waals surface area contributed by atoms with Crippen molar-refractivity contribution < 1.29 is 23.9 Å². The van der Waals surface area contributed by atoms with E-state index in [1.165, 1.54) is 0 Å². The monoisotopic (exact) mass is 378 g/mol. The number of Topliss-reactive ketones (excluding diaryl/α,β-unsaturated/α-hetero) is 3. The van der Waals surface area contributed by atoms with Crippen LogP contribution in [0.2, 0.25) is 0 Å². The van der Waals surface area contributed by atoms with E-state index in [9.17, 15) is 14.4 Å². The fourth-order valence-corrected chi connectivity index (χ4v) is 4.00. The number of carbonyl (C=O) groups excluding carboxylic acids is 3. The summed E-state index contributed by atoms with van der Waals surface area (Å²) in [4.78, 5) is 37.6. The smallest absolute Gasteiger partial charge is 0.231 e. The Bertz CT molecular complexity index is 884. The van der Waals surface area contributed by atoms with Crippen LogP contribution >= 0.6 is 0 Å². The molecular weight excluding hydrogens is 356 g/mol. The van der Waals surface area contributed by atoms with Gasteiger partial charge in [-0.25, -0.2) is 0 Å². The zero-order valence-electron chi connectivity index (χ0n) is 15.6. The Hall–Kier alpha value is -2.95. The summed E-state index contributed by atoms with van der Waals surface area (Å²) in [7, 11) is 0. The van der Waals surface area contributed by atoms with Gasteiger partial charge in [-0.1, -0.05) is 36.4 Å². The van der Waals surface area contributed by atoms with E-state index in [1.54, 1.807) is 0 Å². The molecule has 1 aliphatic heterocycles. The highest BCUT2D eigenvalue weighted by atomic mass is 16.7. The molecule has 1 heterocycles. The average molecular weight is 378 g/mol. The first-order chi connectivity index (χ1) is 13.6. The lowest BCUT2D eigenvalue weighted by atomic mass is 9.74. The van der Waals surface area contributed by atoms with Gasteiger partial charge >= 0.3 is 0 Å². The zero-order valence-corrected chi connectivity index (χ0v) is 15.6. The lowest BCUT2D eigenvalue weighted by Crippen LogP contribution is -2.38. The van der Waals surface area contributed by atoms with Crippen molar-refractivity contribution in [1.29, 1.82) is 0 Å².